The molecule has 2 atom stereocenters. The zero-order valence-corrected chi connectivity index (χ0v) is 13.1. The lowest BCUT2D eigenvalue weighted by Gasteiger charge is -2.29. The van der Waals surface area contributed by atoms with Crippen LogP contribution in [0, 0.1) is 11.7 Å². The van der Waals surface area contributed by atoms with Crippen molar-refractivity contribution in [1.29, 1.82) is 0 Å². The van der Waals surface area contributed by atoms with Crippen LogP contribution in [0.25, 0.3) is 11.4 Å². The molecule has 1 amide bonds. The van der Waals surface area contributed by atoms with Crippen molar-refractivity contribution in [3.63, 3.8) is 0 Å². The lowest BCUT2D eigenvalue weighted by Crippen LogP contribution is -2.42. The van der Waals surface area contributed by atoms with Gasteiger partial charge in [-0.1, -0.05) is 19.8 Å². The van der Waals surface area contributed by atoms with E-state index in [0.29, 0.717) is 17.3 Å². The Morgan fingerprint density at radius 1 is 1.30 bits per heavy atom. The molecule has 7 heteroatoms. The van der Waals surface area contributed by atoms with Crippen molar-refractivity contribution in [3.05, 3.63) is 30.1 Å². The summed E-state index contributed by atoms with van der Waals surface area (Å²) in [7, 11) is 0. The predicted molar refractivity (Wildman–Crippen MR) is 82.8 cm³/mol. The molecule has 1 aliphatic carbocycles. The second kappa shape index (κ2) is 6.85. The van der Waals surface area contributed by atoms with E-state index in [1.807, 2.05) is 0 Å². The third-order valence-corrected chi connectivity index (χ3v) is 4.30. The third kappa shape index (κ3) is 3.91. The fourth-order valence-corrected chi connectivity index (χ4v) is 2.94. The fourth-order valence-electron chi connectivity index (χ4n) is 2.94. The van der Waals surface area contributed by atoms with E-state index in [4.69, 9.17) is 0 Å². The maximum Gasteiger partial charge on any atom is 0.243 e. The molecule has 1 aromatic carbocycles. The molecule has 3 rings (SSSR count). The van der Waals surface area contributed by atoms with Crippen molar-refractivity contribution in [3.8, 4) is 11.4 Å². The summed E-state index contributed by atoms with van der Waals surface area (Å²) in [5.74, 6) is 0.462. The number of tetrazole rings is 1. The number of aromatic nitrogens is 4. The first-order valence-electron chi connectivity index (χ1n) is 7.95. The summed E-state index contributed by atoms with van der Waals surface area (Å²) in [5, 5.41) is 15.0. The van der Waals surface area contributed by atoms with Gasteiger partial charge in [-0.05, 0) is 48.2 Å². The number of amides is 1. The molecule has 0 spiro atoms. The van der Waals surface area contributed by atoms with Crippen LogP contribution in [0.15, 0.2) is 24.3 Å². The Hall–Kier alpha value is -2.31. The monoisotopic (exact) mass is 317 g/mol. The van der Waals surface area contributed by atoms with Gasteiger partial charge < -0.3 is 5.32 Å². The average Bonchev–Trinajstić information content (AvgIpc) is 2.98. The largest absolute Gasteiger partial charge is 0.351 e. The predicted octanol–water partition coefficient (Wildman–Crippen LogP) is 2.17. The highest BCUT2D eigenvalue weighted by Gasteiger charge is 2.23. The smallest absolute Gasteiger partial charge is 0.243 e. The lowest BCUT2D eigenvalue weighted by atomic mass is 9.86. The van der Waals surface area contributed by atoms with Crippen LogP contribution in [0.4, 0.5) is 4.39 Å². The van der Waals surface area contributed by atoms with Gasteiger partial charge in [0.1, 0.15) is 12.4 Å². The van der Waals surface area contributed by atoms with Crippen molar-refractivity contribution < 1.29 is 9.18 Å². The van der Waals surface area contributed by atoms with Gasteiger partial charge >= 0.3 is 0 Å². The van der Waals surface area contributed by atoms with Crippen LogP contribution in [-0.2, 0) is 11.3 Å². The standard InChI is InChI=1S/C16H20FN5O/c1-11-4-2-3-5-14(11)18-15(23)10-22-20-16(19-21-22)12-6-8-13(17)9-7-12/h6-9,11,14H,2-5,10H2,1H3,(H,18,23)/t11-,14+/m1/s1. The van der Waals surface area contributed by atoms with Gasteiger partial charge in [0.2, 0.25) is 11.7 Å². The first kappa shape index (κ1) is 15.6. The Balaban J connectivity index is 1.60. The minimum atomic E-state index is -0.317. The number of hydrogen-bond acceptors (Lipinski definition) is 4. The van der Waals surface area contributed by atoms with Crippen LogP contribution < -0.4 is 5.32 Å². The summed E-state index contributed by atoms with van der Waals surface area (Å²) in [6.45, 7) is 2.21. The summed E-state index contributed by atoms with van der Waals surface area (Å²) in [6, 6.07) is 6.08. The van der Waals surface area contributed by atoms with E-state index in [-0.39, 0.29) is 24.3 Å². The molecule has 0 unspecified atom stereocenters. The Kier molecular flexibility index (Phi) is 4.64. The lowest BCUT2D eigenvalue weighted by molar-refractivity contribution is -0.123. The van der Waals surface area contributed by atoms with Gasteiger partial charge in [0.25, 0.3) is 0 Å². The Morgan fingerprint density at radius 2 is 2.04 bits per heavy atom. The molecule has 0 bridgehead atoms. The highest BCUT2D eigenvalue weighted by atomic mass is 19.1. The molecule has 1 aromatic heterocycles. The quantitative estimate of drug-likeness (QED) is 0.938. The van der Waals surface area contributed by atoms with E-state index in [1.54, 1.807) is 12.1 Å². The molecule has 0 radical (unpaired) electrons. The van der Waals surface area contributed by atoms with Gasteiger partial charge in [-0.2, -0.15) is 4.80 Å². The molecule has 1 N–H and O–H groups in total. The van der Waals surface area contributed by atoms with Crippen molar-refractivity contribution in [2.45, 2.75) is 45.2 Å². The maximum atomic E-state index is 12.9. The summed E-state index contributed by atoms with van der Waals surface area (Å²) in [5.41, 5.74) is 0.666. The maximum absolute atomic E-state index is 12.9. The van der Waals surface area contributed by atoms with Crippen molar-refractivity contribution in [2.24, 2.45) is 5.92 Å². The molecule has 6 nitrogen and oxygen atoms in total. The normalized spacial score (nSPS) is 21.1. The number of nitrogens with zero attached hydrogens (tertiary/aromatic N) is 4. The molecular weight excluding hydrogens is 297 g/mol. The first-order valence-corrected chi connectivity index (χ1v) is 7.95. The summed E-state index contributed by atoms with van der Waals surface area (Å²) in [4.78, 5) is 13.4. The zero-order chi connectivity index (χ0) is 16.2. The fraction of sp³-hybridized carbons (Fsp3) is 0.500. The number of hydrogen-bond donors (Lipinski definition) is 1. The number of halogens is 1. The third-order valence-electron chi connectivity index (χ3n) is 4.30. The molecule has 1 saturated carbocycles. The summed E-state index contributed by atoms with van der Waals surface area (Å²) >= 11 is 0. The van der Waals surface area contributed by atoms with Crippen LogP contribution in [0.2, 0.25) is 0 Å². The molecule has 122 valence electrons. The molecule has 23 heavy (non-hydrogen) atoms. The number of rotatable bonds is 4. The van der Waals surface area contributed by atoms with E-state index < -0.39 is 0 Å². The van der Waals surface area contributed by atoms with Gasteiger partial charge in [0, 0.05) is 11.6 Å². The topological polar surface area (TPSA) is 72.7 Å². The SMILES string of the molecule is C[C@@H]1CCCC[C@@H]1NC(=O)Cn1nnc(-c2ccc(F)cc2)n1. The first-order chi connectivity index (χ1) is 11.1. The van der Waals surface area contributed by atoms with Crippen molar-refractivity contribution >= 4 is 5.91 Å². The highest BCUT2D eigenvalue weighted by Crippen LogP contribution is 2.23. The van der Waals surface area contributed by atoms with Gasteiger partial charge in [-0.25, -0.2) is 4.39 Å². The van der Waals surface area contributed by atoms with Gasteiger partial charge in [-0.3, -0.25) is 4.79 Å². The molecule has 1 heterocycles. The average molecular weight is 317 g/mol. The van der Waals surface area contributed by atoms with E-state index in [1.165, 1.54) is 23.4 Å². The number of nitrogens with one attached hydrogen (secondary N) is 1. The van der Waals surface area contributed by atoms with Crippen LogP contribution in [-0.4, -0.2) is 32.2 Å². The summed E-state index contributed by atoms with van der Waals surface area (Å²) in [6.07, 6.45) is 4.57. The van der Waals surface area contributed by atoms with Crippen LogP contribution in [0.1, 0.15) is 32.6 Å². The Bertz CT molecular complexity index is 669. The molecule has 1 aliphatic rings. The molecule has 1 fully saturated rings. The van der Waals surface area contributed by atoms with Crippen LogP contribution in [0.3, 0.4) is 0 Å². The Morgan fingerprint density at radius 3 is 2.78 bits per heavy atom. The summed E-state index contributed by atoms with van der Waals surface area (Å²) < 4.78 is 12.9. The van der Waals surface area contributed by atoms with Crippen molar-refractivity contribution in [1.82, 2.24) is 25.5 Å². The molecular formula is C16H20FN5O. The van der Waals surface area contributed by atoms with E-state index in [0.717, 1.165) is 19.3 Å². The van der Waals surface area contributed by atoms with Crippen LogP contribution in [0.5, 0.6) is 0 Å². The minimum Gasteiger partial charge on any atom is -0.351 e. The zero-order valence-electron chi connectivity index (χ0n) is 13.1. The van der Waals surface area contributed by atoms with Crippen molar-refractivity contribution in [2.75, 3.05) is 0 Å². The number of carbonyl (C=O) groups excluding carboxylic acids is 1. The van der Waals surface area contributed by atoms with Gasteiger partial charge in [0.15, 0.2) is 0 Å². The van der Waals surface area contributed by atoms with E-state index in [2.05, 4.69) is 27.7 Å². The molecule has 0 saturated heterocycles. The molecule has 2 aromatic rings. The number of carbonyl (C=O) groups is 1. The van der Waals surface area contributed by atoms with Gasteiger partial charge in [0.05, 0.1) is 0 Å². The highest BCUT2D eigenvalue weighted by molar-refractivity contribution is 5.75. The number of benzene rings is 1. The Labute approximate surface area is 134 Å². The van der Waals surface area contributed by atoms with Gasteiger partial charge in [-0.15, -0.1) is 10.2 Å². The minimum absolute atomic E-state index is 0.0391. The molecule has 0 aliphatic heterocycles. The van der Waals surface area contributed by atoms with E-state index >= 15 is 0 Å². The second-order valence-electron chi connectivity index (χ2n) is 6.09. The van der Waals surface area contributed by atoms with E-state index in [9.17, 15) is 9.18 Å². The van der Waals surface area contributed by atoms with Crippen LogP contribution >= 0.6 is 0 Å². The second-order valence-corrected chi connectivity index (χ2v) is 6.09.